The minimum Gasteiger partial charge on any atom is -0.351 e. The van der Waals surface area contributed by atoms with Gasteiger partial charge in [0.1, 0.15) is 0 Å². The second kappa shape index (κ2) is 5.92. The number of hydrogen-bond acceptors (Lipinski definition) is 1. The SMILES string of the molecule is CC(C)CN(C(N)=O)C(C)c1ccccc1Cl. The molecule has 0 aliphatic heterocycles. The number of nitrogens with two attached hydrogens (primary N) is 1. The summed E-state index contributed by atoms with van der Waals surface area (Å²) in [5, 5.41) is 0.662. The van der Waals surface area contributed by atoms with Gasteiger partial charge >= 0.3 is 6.03 Å². The van der Waals surface area contributed by atoms with Gasteiger partial charge in [0.05, 0.1) is 6.04 Å². The van der Waals surface area contributed by atoms with Crippen LogP contribution in [0.2, 0.25) is 5.02 Å². The van der Waals surface area contributed by atoms with Crippen LogP contribution in [0, 0.1) is 5.92 Å². The Kier molecular flexibility index (Phi) is 4.82. The van der Waals surface area contributed by atoms with Gasteiger partial charge in [-0.15, -0.1) is 0 Å². The Morgan fingerprint density at radius 1 is 1.35 bits per heavy atom. The highest BCUT2D eigenvalue weighted by Crippen LogP contribution is 2.27. The maximum absolute atomic E-state index is 11.5. The minimum absolute atomic E-state index is 0.108. The number of carbonyl (C=O) groups is 1. The van der Waals surface area contributed by atoms with Crippen molar-refractivity contribution < 1.29 is 4.79 Å². The van der Waals surface area contributed by atoms with Crippen LogP contribution in [0.15, 0.2) is 24.3 Å². The molecule has 1 aromatic rings. The van der Waals surface area contributed by atoms with Gasteiger partial charge in [0.15, 0.2) is 0 Å². The Morgan fingerprint density at radius 2 is 1.94 bits per heavy atom. The smallest absolute Gasteiger partial charge is 0.315 e. The molecule has 0 aliphatic carbocycles. The molecule has 4 heteroatoms. The lowest BCUT2D eigenvalue weighted by Gasteiger charge is -2.29. The van der Waals surface area contributed by atoms with Gasteiger partial charge in [0.2, 0.25) is 0 Å². The minimum atomic E-state index is -0.411. The van der Waals surface area contributed by atoms with Crippen LogP contribution >= 0.6 is 11.6 Å². The molecule has 0 saturated heterocycles. The molecule has 0 spiro atoms. The third kappa shape index (κ3) is 3.63. The van der Waals surface area contributed by atoms with Gasteiger partial charge in [-0.25, -0.2) is 4.79 Å². The van der Waals surface area contributed by atoms with E-state index in [0.29, 0.717) is 17.5 Å². The Bertz CT molecular complexity index is 393. The molecule has 0 aromatic heterocycles. The van der Waals surface area contributed by atoms with Crippen LogP contribution < -0.4 is 5.73 Å². The first-order valence-corrected chi connectivity index (χ1v) is 6.11. The fourth-order valence-corrected chi connectivity index (χ4v) is 2.11. The van der Waals surface area contributed by atoms with Crippen LogP contribution in [0.5, 0.6) is 0 Å². The number of benzene rings is 1. The zero-order valence-electron chi connectivity index (χ0n) is 10.5. The van der Waals surface area contributed by atoms with E-state index < -0.39 is 6.03 Å². The Balaban J connectivity index is 2.96. The zero-order chi connectivity index (χ0) is 13.0. The topological polar surface area (TPSA) is 46.3 Å². The van der Waals surface area contributed by atoms with Crippen LogP contribution in [0.4, 0.5) is 4.79 Å². The van der Waals surface area contributed by atoms with Crippen LogP contribution in [0.3, 0.4) is 0 Å². The zero-order valence-corrected chi connectivity index (χ0v) is 11.2. The number of hydrogen-bond donors (Lipinski definition) is 1. The molecular weight excluding hydrogens is 236 g/mol. The molecule has 2 amide bonds. The highest BCUT2D eigenvalue weighted by atomic mass is 35.5. The first-order valence-electron chi connectivity index (χ1n) is 5.74. The molecule has 1 unspecified atom stereocenters. The summed E-state index contributed by atoms with van der Waals surface area (Å²) in [6.07, 6.45) is 0. The van der Waals surface area contributed by atoms with E-state index >= 15 is 0 Å². The molecular formula is C13H19ClN2O. The summed E-state index contributed by atoms with van der Waals surface area (Å²) >= 11 is 6.13. The molecule has 0 aliphatic rings. The number of rotatable bonds is 4. The summed E-state index contributed by atoms with van der Waals surface area (Å²) in [6, 6.07) is 7.00. The summed E-state index contributed by atoms with van der Waals surface area (Å²) in [5.41, 5.74) is 6.34. The van der Waals surface area contributed by atoms with Crippen molar-refractivity contribution in [3.05, 3.63) is 34.9 Å². The average molecular weight is 255 g/mol. The monoisotopic (exact) mass is 254 g/mol. The molecule has 0 radical (unpaired) electrons. The molecule has 17 heavy (non-hydrogen) atoms. The van der Waals surface area contributed by atoms with E-state index in [4.69, 9.17) is 17.3 Å². The molecule has 2 N–H and O–H groups in total. The van der Waals surface area contributed by atoms with E-state index in [9.17, 15) is 4.79 Å². The standard InChI is InChI=1S/C13H19ClN2O/c1-9(2)8-16(13(15)17)10(3)11-6-4-5-7-12(11)14/h4-7,9-10H,8H2,1-3H3,(H2,15,17). The maximum Gasteiger partial charge on any atom is 0.315 e. The number of carbonyl (C=O) groups excluding carboxylic acids is 1. The first-order chi connectivity index (χ1) is 7.93. The van der Waals surface area contributed by atoms with Crippen LogP contribution in [0.1, 0.15) is 32.4 Å². The van der Waals surface area contributed by atoms with E-state index in [2.05, 4.69) is 13.8 Å². The Labute approximate surface area is 108 Å². The second-order valence-electron chi connectivity index (χ2n) is 4.58. The van der Waals surface area contributed by atoms with Gasteiger partial charge in [0.25, 0.3) is 0 Å². The van der Waals surface area contributed by atoms with E-state index in [0.717, 1.165) is 5.56 Å². The maximum atomic E-state index is 11.5. The number of primary amides is 1. The van der Waals surface area contributed by atoms with Crippen molar-refractivity contribution in [2.24, 2.45) is 11.7 Å². The van der Waals surface area contributed by atoms with Gasteiger partial charge < -0.3 is 10.6 Å². The molecule has 1 atom stereocenters. The number of halogens is 1. The van der Waals surface area contributed by atoms with Gasteiger partial charge in [-0.1, -0.05) is 43.6 Å². The van der Waals surface area contributed by atoms with Crippen molar-refractivity contribution in [2.45, 2.75) is 26.8 Å². The fourth-order valence-electron chi connectivity index (χ4n) is 1.81. The van der Waals surface area contributed by atoms with Crippen molar-refractivity contribution in [3.63, 3.8) is 0 Å². The largest absolute Gasteiger partial charge is 0.351 e. The first kappa shape index (κ1) is 13.8. The normalized spacial score (nSPS) is 12.5. The average Bonchev–Trinajstić information content (AvgIpc) is 2.25. The molecule has 0 bridgehead atoms. The molecule has 94 valence electrons. The van der Waals surface area contributed by atoms with E-state index in [1.165, 1.54) is 0 Å². The molecule has 3 nitrogen and oxygen atoms in total. The van der Waals surface area contributed by atoms with E-state index in [1.807, 2.05) is 31.2 Å². The third-order valence-electron chi connectivity index (χ3n) is 2.67. The fraction of sp³-hybridized carbons (Fsp3) is 0.462. The summed E-state index contributed by atoms with van der Waals surface area (Å²) in [4.78, 5) is 13.1. The third-order valence-corrected chi connectivity index (χ3v) is 3.01. The Hall–Kier alpha value is -1.22. The number of nitrogens with zero attached hydrogens (tertiary/aromatic N) is 1. The van der Waals surface area contributed by atoms with Crippen LogP contribution in [-0.4, -0.2) is 17.5 Å². The van der Waals surface area contributed by atoms with Gasteiger partial charge in [0, 0.05) is 11.6 Å². The number of urea groups is 1. The highest BCUT2D eigenvalue weighted by molar-refractivity contribution is 6.31. The highest BCUT2D eigenvalue weighted by Gasteiger charge is 2.21. The summed E-state index contributed by atoms with van der Waals surface area (Å²) < 4.78 is 0. The van der Waals surface area contributed by atoms with Crippen LogP contribution in [-0.2, 0) is 0 Å². The van der Waals surface area contributed by atoms with Crippen molar-refractivity contribution in [1.29, 1.82) is 0 Å². The lowest BCUT2D eigenvalue weighted by molar-refractivity contribution is 0.179. The van der Waals surface area contributed by atoms with Crippen molar-refractivity contribution in [3.8, 4) is 0 Å². The lowest BCUT2D eigenvalue weighted by Crippen LogP contribution is -2.40. The molecule has 0 fully saturated rings. The van der Waals surface area contributed by atoms with Crippen molar-refractivity contribution in [2.75, 3.05) is 6.54 Å². The van der Waals surface area contributed by atoms with Gasteiger partial charge in [-0.2, -0.15) is 0 Å². The van der Waals surface area contributed by atoms with Gasteiger partial charge in [-0.05, 0) is 24.5 Å². The second-order valence-corrected chi connectivity index (χ2v) is 4.99. The van der Waals surface area contributed by atoms with Gasteiger partial charge in [-0.3, -0.25) is 0 Å². The van der Waals surface area contributed by atoms with Crippen molar-refractivity contribution >= 4 is 17.6 Å². The summed E-state index contributed by atoms with van der Waals surface area (Å²) in [5.74, 6) is 0.368. The quantitative estimate of drug-likeness (QED) is 0.879. The van der Waals surface area contributed by atoms with Crippen LogP contribution in [0.25, 0.3) is 0 Å². The predicted molar refractivity (Wildman–Crippen MR) is 71.0 cm³/mol. The number of amides is 2. The molecule has 0 saturated carbocycles. The molecule has 1 aromatic carbocycles. The summed E-state index contributed by atoms with van der Waals surface area (Å²) in [6.45, 7) is 6.67. The molecule has 1 rings (SSSR count). The molecule has 0 heterocycles. The van der Waals surface area contributed by atoms with E-state index in [1.54, 1.807) is 4.90 Å². The summed E-state index contributed by atoms with van der Waals surface area (Å²) in [7, 11) is 0. The van der Waals surface area contributed by atoms with E-state index in [-0.39, 0.29) is 6.04 Å². The Morgan fingerprint density at radius 3 is 2.41 bits per heavy atom. The van der Waals surface area contributed by atoms with Crippen molar-refractivity contribution in [1.82, 2.24) is 4.90 Å². The lowest BCUT2D eigenvalue weighted by atomic mass is 10.1. The predicted octanol–water partition coefficient (Wildman–Crippen LogP) is 3.44.